The van der Waals surface area contributed by atoms with Crippen LogP contribution >= 0.6 is 11.6 Å². The average molecular weight is 811 g/mol. The monoisotopic (exact) mass is 809 g/mol. The van der Waals surface area contributed by atoms with E-state index in [1.807, 2.05) is 12.1 Å². The molecule has 3 rings (SSSR count). The van der Waals surface area contributed by atoms with E-state index in [9.17, 15) is 0 Å². The van der Waals surface area contributed by atoms with Gasteiger partial charge in [-0.1, -0.05) is 116 Å². The van der Waals surface area contributed by atoms with Gasteiger partial charge in [0, 0.05) is 5.02 Å². The maximum atomic E-state index is 6.83. The Morgan fingerprint density at radius 1 is 0.481 bits per heavy atom. The summed E-state index contributed by atoms with van der Waals surface area (Å²) in [6.45, 7) is 17.8. The Morgan fingerprint density at radius 2 is 0.750 bits per heavy atom. The first-order valence-corrected chi connectivity index (χ1v) is 20.2. The molecule has 52 heavy (non-hydrogen) atoms. The number of unbranched alkanes of at least 4 members (excludes halogenated alkanes) is 6. The van der Waals surface area contributed by atoms with Crippen molar-refractivity contribution in [3.8, 4) is 0 Å². The van der Waals surface area contributed by atoms with Gasteiger partial charge >= 0.3 is 17.1 Å². The molecule has 0 fully saturated rings. The molecule has 0 bridgehead atoms. The number of rotatable bonds is 22. The van der Waals surface area contributed by atoms with Crippen molar-refractivity contribution in [3.05, 3.63) is 86.2 Å². The molecule has 0 N–H and O–H groups in total. The summed E-state index contributed by atoms with van der Waals surface area (Å²) < 4.78 is 0. The van der Waals surface area contributed by atoms with Gasteiger partial charge in [0.15, 0.2) is 0 Å². The number of aliphatic imine (C=N–C) groups is 2. The summed E-state index contributed by atoms with van der Waals surface area (Å²) in [4.78, 5) is 15.9. The molecule has 0 aliphatic heterocycles. The van der Waals surface area contributed by atoms with Crippen molar-refractivity contribution in [2.45, 2.75) is 171 Å². The van der Waals surface area contributed by atoms with Crippen LogP contribution in [0.1, 0.15) is 177 Å². The van der Waals surface area contributed by atoms with Gasteiger partial charge in [0.05, 0.1) is 34.2 Å². The van der Waals surface area contributed by atoms with Crippen LogP contribution in [0, 0.1) is 0 Å². The van der Waals surface area contributed by atoms with Crippen LogP contribution in [0.4, 0.5) is 11.4 Å². The predicted octanol–water partition coefficient (Wildman–Crippen LogP) is 8.08. The van der Waals surface area contributed by atoms with Crippen LogP contribution in [-0.2, 0) is 55.6 Å². The number of benzene rings is 2. The number of aryl methyl sites for hydroxylation is 6. The first kappa shape index (κ1) is 50.3. The van der Waals surface area contributed by atoms with E-state index in [0.29, 0.717) is 5.02 Å². The Morgan fingerprint density at radius 3 is 1.02 bits per heavy atom. The molecular weight excluding hydrogens is 745 g/mol. The maximum absolute atomic E-state index is 6.83. The molecule has 1 aromatic heterocycles. The minimum atomic E-state index is 0. The fourth-order valence-corrected chi connectivity index (χ4v) is 6.76. The number of hydrogen-bond donors (Lipinski definition) is 0. The Hall–Kier alpha value is -1.68. The first-order valence-electron chi connectivity index (χ1n) is 19.9. The molecule has 0 aliphatic rings. The number of nitrogens with zero attached hydrogens (tertiary/aromatic N) is 3. The largest absolute Gasteiger partial charge is 2.00 e. The fraction of sp³-hybridized carbons (Fsp3) is 0.578. The first-order chi connectivity index (χ1) is 23.8. The third-order valence-electron chi connectivity index (χ3n) is 9.58. The van der Waals surface area contributed by atoms with Crippen LogP contribution in [0.15, 0.2) is 46.4 Å². The second-order valence-corrected chi connectivity index (χ2v) is 14.5. The summed E-state index contributed by atoms with van der Waals surface area (Å²) in [5.41, 5.74) is 14.2. The van der Waals surface area contributed by atoms with E-state index in [1.54, 1.807) is 0 Å². The van der Waals surface area contributed by atoms with Gasteiger partial charge in [-0.2, -0.15) is 0 Å². The van der Waals surface area contributed by atoms with Crippen LogP contribution in [0.2, 0.25) is 5.02 Å². The molecule has 3 nitrogen and oxygen atoms in total. The third-order valence-corrected chi connectivity index (χ3v) is 9.80. The van der Waals surface area contributed by atoms with Gasteiger partial charge in [-0.3, -0.25) is 9.98 Å². The zero-order valence-corrected chi connectivity index (χ0v) is 36.9. The summed E-state index contributed by atoms with van der Waals surface area (Å²) in [6.07, 6.45) is 20.7. The molecule has 0 aliphatic carbocycles. The SMILES string of the molecule is CCCCc1cc(CCCC)c(N=C(C)c2cc(Cl)cc(C(C)=Nc3c(CCCC)cc(CCCC)cc3CCCC)n2)c(CCCC)c1.[Cl-].[Cl-].[Fe+2]. The fourth-order valence-electron chi connectivity index (χ4n) is 6.55. The van der Waals surface area contributed by atoms with E-state index in [4.69, 9.17) is 26.6 Å². The molecule has 3 aromatic rings. The zero-order chi connectivity index (χ0) is 35.6. The maximum Gasteiger partial charge on any atom is 2.00 e. The number of hydrogen-bond acceptors (Lipinski definition) is 3. The molecule has 290 valence electrons. The number of aromatic nitrogens is 1. The Balaban J connectivity index is 0.00000867. The van der Waals surface area contributed by atoms with Crippen LogP contribution < -0.4 is 24.8 Å². The van der Waals surface area contributed by atoms with Gasteiger partial charge in [-0.25, -0.2) is 4.98 Å². The van der Waals surface area contributed by atoms with Gasteiger partial charge in [0.25, 0.3) is 0 Å². The summed E-state index contributed by atoms with van der Waals surface area (Å²) in [5.74, 6) is 0. The summed E-state index contributed by atoms with van der Waals surface area (Å²) in [5, 5.41) is 0.670. The van der Waals surface area contributed by atoms with E-state index >= 15 is 0 Å². The Bertz CT molecular complexity index is 1360. The van der Waals surface area contributed by atoms with E-state index in [0.717, 1.165) is 72.7 Å². The number of pyridine rings is 1. The van der Waals surface area contributed by atoms with Crippen molar-refractivity contribution < 1.29 is 41.9 Å². The van der Waals surface area contributed by atoms with Gasteiger partial charge in [0.1, 0.15) is 0 Å². The average Bonchev–Trinajstić information content (AvgIpc) is 3.10. The van der Waals surface area contributed by atoms with Crippen LogP contribution in [-0.4, -0.2) is 16.4 Å². The smallest absolute Gasteiger partial charge is 1.00 e. The summed E-state index contributed by atoms with van der Waals surface area (Å²) in [7, 11) is 0. The van der Waals surface area contributed by atoms with Crippen LogP contribution in [0.25, 0.3) is 0 Å². The van der Waals surface area contributed by atoms with E-state index < -0.39 is 0 Å². The van der Waals surface area contributed by atoms with Crippen molar-refractivity contribution in [1.82, 2.24) is 4.98 Å². The molecule has 1 heterocycles. The Labute approximate surface area is 346 Å². The minimum Gasteiger partial charge on any atom is -1.00 e. The molecule has 0 unspecified atom stereocenters. The van der Waals surface area contributed by atoms with Gasteiger partial charge in [-0.05, 0) is 136 Å². The van der Waals surface area contributed by atoms with Gasteiger partial charge < -0.3 is 24.8 Å². The van der Waals surface area contributed by atoms with E-state index in [2.05, 4.69) is 79.7 Å². The van der Waals surface area contributed by atoms with E-state index in [-0.39, 0.29) is 41.9 Å². The molecule has 0 saturated carbocycles. The second-order valence-electron chi connectivity index (χ2n) is 14.1. The van der Waals surface area contributed by atoms with Crippen molar-refractivity contribution in [2.24, 2.45) is 9.98 Å². The van der Waals surface area contributed by atoms with E-state index in [1.165, 1.54) is 110 Å². The molecule has 0 atom stereocenters. The zero-order valence-electron chi connectivity index (χ0n) is 33.5. The van der Waals surface area contributed by atoms with Gasteiger partial charge in [-0.15, -0.1) is 0 Å². The molecule has 7 heteroatoms. The molecule has 2 aromatic carbocycles. The quantitative estimate of drug-likeness (QED) is 0.0748. The molecule has 0 saturated heterocycles. The second kappa shape index (κ2) is 27.8. The molecular formula is C45H66Cl3FeN3. The summed E-state index contributed by atoms with van der Waals surface area (Å²) >= 11 is 6.83. The van der Waals surface area contributed by atoms with Crippen molar-refractivity contribution in [2.75, 3.05) is 0 Å². The van der Waals surface area contributed by atoms with Crippen molar-refractivity contribution >= 4 is 34.4 Å². The third kappa shape index (κ3) is 16.0. The Kier molecular flexibility index (Phi) is 26.9. The van der Waals surface area contributed by atoms with Gasteiger partial charge in [0.2, 0.25) is 0 Å². The number of halogens is 3. The molecule has 0 spiro atoms. The van der Waals surface area contributed by atoms with Crippen molar-refractivity contribution in [1.29, 1.82) is 0 Å². The molecule has 0 amide bonds. The predicted molar refractivity (Wildman–Crippen MR) is 218 cm³/mol. The molecule has 0 radical (unpaired) electrons. The standard InChI is InChI=1S/C45H66ClN3.2ClH.Fe/c1-9-15-21-35-27-37(23-17-11-3)44(38(28-35)24-18-12-4)47-33(7)42-31-41(46)32-43(49-42)34(8)48-45-39(25-19-13-5)29-36(22-16-10-2)30-40(45)26-20-14-6;;;/h27-32H,9-26H2,1-8H3;2*1H;/q;;;+2/p-2. The normalized spacial score (nSPS) is 11.6. The topological polar surface area (TPSA) is 37.6 Å². The van der Waals surface area contributed by atoms with Crippen molar-refractivity contribution in [3.63, 3.8) is 0 Å². The minimum absolute atomic E-state index is 0. The van der Waals surface area contributed by atoms with Crippen LogP contribution in [0.5, 0.6) is 0 Å². The summed E-state index contributed by atoms with van der Waals surface area (Å²) in [6, 6.07) is 13.7. The van der Waals surface area contributed by atoms with Crippen LogP contribution in [0.3, 0.4) is 0 Å².